The first-order chi connectivity index (χ1) is 13.9. The van der Waals surface area contributed by atoms with Crippen LogP contribution in [0.2, 0.25) is 0 Å². The minimum absolute atomic E-state index is 0. The van der Waals surface area contributed by atoms with E-state index >= 15 is 0 Å². The Labute approximate surface area is 187 Å². The monoisotopic (exact) mass is 442 g/mol. The van der Waals surface area contributed by atoms with Crippen LogP contribution >= 0.6 is 0 Å². The smallest absolute Gasteiger partial charge is 0.258 e. The minimum Gasteiger partial charge on any atom is -1.00 e. The van der Waals surface area contributed by atoms with Crippen molar-refractivity contribution in [3.05, 3.63) is 23.8 Å². The molecule has 1 saturated heterocycles. The van der Waals surface area contributed by atoms with Crippen LogP contribution in [0.15, 0.2) is 18.2 Å². The highest BCUT2D eigenvalue weighted by atomic mass is 35.5. The summed E-state index contributed by atoms with van der Waals surface area (Å²) in [6, 6.07) is 5.87. The van der Waals surface area contributed by atoms with E-state index in [-0.39, 0.29) is 30.5 Å². The minimum atomic E-state index is -0.277. The Kier molecular flexibility index (Phi) is 12.1. The van der Waals surface area contributed by atoms with E-state index in [1.807, 2.05) is 45.9 Å². The number of hydrogen-bond acceptors (Lipinski definition) is 6. The van der Waals surface area contributed by atoms with Crippen LogP contribution < -0.4 is 32.5 Å². The molecule has 2 rings (SSSR count). The summed E-state index contributed by atoms with van der Waals surface area (Å²) in [7, 11) is 0. The zero-order chi connectivity index (χ0) is 21.1. The third kappa shape index (κ3) is 10.5. The second-order valence-corrected chi connectivity index (χ2v) is 8.29. The van der Waals surface area contributed by atoms with E-state index in [2.05, 4.69) is 15.5 Å². The van der Waals surface area contributed by atoms with Gasteiger partial charge < -0.3 is 37.3 Å². The van der Waals surface area contributed by atoms with Crippen molar-refractivity contribution in [1.29, 1.82) is 0 Å². The van der Waals surface area contributed by atoms with Gasteiger partial charge in [-0.3, -0.25) is 9.69 Å². The summed E-state index contributed by atoms with van der Waals surface area (Å²) >= 11 is 0. The molecular formula is C22H37ClN3O4-. The Morgan fingerprint density at radius 2 is 1.90 bits per heavy atom. The van der Waals surface area contributed by atoms with Crippen LogP contribution in [0, 0.1) is 0 Å². The Morgan fingerprint density at radius 1 is 1.17 bits per heavy atom. The van der Waals surface area contributed by atoms with Crippen molar-refractivity contribution >= 4 is 5.91 Å². The van der Waals surface area contributed by atoms with E-state index in [1.54, 1.807) is 0 Å². The molecule has 0 aromatic heterocycles. The topological polar surface area (TPSA) is 72.1 Å². The fraction of sp³-hybridized carbons (Fsp3) is 0.682. The number of ether oxygens (including phenoxy) is 3. The molecule has 7 nitrogen and oxygen atoms in total. The number of nitrogens with zero attached hydrogens (tertiary/aromatic N) is 1. The van der Waals surface area contributed by atoms with Crippen LogP contribution in [0.1, 0.15) is 39.7 Å². The molecule has 0 saturated carbocycles. The summed E-state index contributed by atoms with van der Waals surface area (Å²) in [5, 5.41) is 6.38. The van der Waals surface area contributed by atoms with E-state index < -0.39 is 0 Å². The molecule has 0 aliphatic carbocycles. The standard InChI is InChI=1S/C22H37N3O4.ClH/c1-5-28-20-15-18(16-23-9-6-10-25-11-13-27-14-12-25)7-8-19(20)29-17-21(26)24-22(2,3)4;/h7-8,15,23H,5-6,9-14,16-17H2,1-4H3,(H,24,26);1H/p-1. The molecule has 1 fully saturated rings. The molecule has 1 aromatic carbocycles. The highest BCUT2D eigenvalue weighted by molar-refractivity contribution is 5.78. The van der Waals surface area contributed by atoms with Gasteiger partial charge in [-0.05, 0) is 64.9 Å². The molecule has 0 unspecified atom stereocenters. The van der Waals surface area contributed by atoms with Gasteiger partial charge in [0.05, 0.1) is 19.8 Å². The lowest BCUT2D eigenvalue weighted by atomic mass is 10.1. The number of amides is 1. The van der Waals surface area contributed by atoms with Gasteiger partial charge in [0.25, 0.3) is 5.91 Å². The first kappa shape index (κ1) is 26.5. The number of halogens is 1. The molecule has 1 amide bonds. The van der Waals surface area contributed by atoms with Crippen LogP contribution in [0.25, 0.3) is 0 Å². The van der Waals surface area contributed by atoms with Crippen molar-refractivity contribution in [1.82, 2.24) is 15.5 Å². The zero-order valence-corrected chi connectivity index (χ0v) is 19.5. The number of carbonyl (C=O) groups excluding carboxylic acids is 1. The first-order valence-electron chi connectivity index (χ1n) is 10.6. The molecule has 8 heteroatoms. The molecule has 1 heterocycles. The summed E-state index contributed by atoms with van der Waals surface area (Å²) < 4.78 is 16.8. The van der Waals surface area contributed by atoms with Gasteiger partial charge in [-0.25, -0.2) is 0 Å². The molecule has 30 heavy (non-hydrogen) atoms. The van der Waals surface area contributed by atoms with E-state index in [0.29, 0.717) is 18.1 Å². The van der Waals surface area contributed by atoms with Gasteiger partial charge in [-0.1, -0.05) is 6.07 Å². The molecule has 0 spiro atoms. The van der Waals surface area contributed by atoms with Crippen LogP contribution in [0.4, 0.5) is 0 Å². The van der Waals surface area contributed by atoms with Crippen molar-refractivity contribution in [3.63, 3.8) is 0 Å². The van der Waals surface area contributed by atoms with Crippen molar-refractivity contribution in [3.8, 4) is 11.5 Å². The van der Waals surface area contributed by atoms with Crippen LogP contribution in [0.5, 0.6) is 11.5 Å². The molecule has 1 aromatic rings. The Balaban J connectivity index is 0.00000450. The van der Waals surface area contributed by atoms with Gasteiger partial charge in [-0.2, -0.15) is 0 Å². The number of morpholine rings is 1. The van der Waals surface area contributed by atoms with Crippen molar-refractivity contribution < 1.29 is 31.4 Å². The molecule has 1 aliphatic rings. The largest absolute Gasteiger partial charge is 1.00 e. The number of hydrogen-bond donors (Lipinski definition) is 2. The molecule has 1 aliphatic heterocycles. The summed E-state index contributed by atoms with van der Waals surface area (Å²) in [6.07, 6.45) is 1.11. The lowest BCUT2D eigenvalue weighted by Gasteiger charge is -2.26. The highest BCUT2D eigenvalue weighted by Gasteiger charge is 2.15. The normalized spacial score (nSPS) is 14.7. The van der Waals surface area contributed by atoms with Gasteiger partial charge in [0.1, 0.15) is 0 Å². The Bertz CT molecular complexity index is 631. The fourth-order valence-corrected chi connectivity index (χ4v) is 3.13. The zero-order valence-electron chi connectivity index (χ0n) is 18.8. The molecule has 172 valence electrons. The average molecular weight is 443 g/mol. The van der Waals surface area contributed by atoms with Crippen molar-refractivity contribution in [2.24, 2.45) is 0 Å². The molecule has 0 atom stereocenters. The maximum absolute atomic E-state index is 12.0. The molecule has 0 bridgehead atoms. The van der Waals surface area contributed by atoms with E-state index in [0.717, 1.165) is 57.9 Å². The maximum atomic E-state index is 12.0. The van der Waals surface area contributed by atoms with Crippen molar-refractivity contribution in [2.45, 2.75) is 46.2 Å². The summed E-state index contributed by atoms with van der Waals surface area (Å²) in [5.74, 6) is 1.11. The maximum Gasteiger partial charge on any atom is 0.258 e. The summed E-state index contributed by atoms with van der Waals surface area (Å²) in [4.78, 5) is 14.4. The van der Waals surface area contributed by atoms with Crippen LogP contribution in [-0.4, -0.2) is 69.0 Å². The third-order valence-electron chi connectivity index (χ3n) is 4.44. The number of rotatable bonds is 11. The van der Waals surface area contributed by atoms with Crippen LogP contribution in [0.3, 0.4) is 0 Å². The second kappa shape index (κ2) is 13.7. The predicted octanol–water partition coefficient (Wildman–Crippen LogP) is -0.805. The van der Waals surface area contributed by atoms with Gasteiger partial charge in [0, 0.05) is 25.2 Å². The molecular weight excluding hydrogens is 406 g/mol. The number of benzene rings is 1. The third-order valence-corrected chi connectivity index (χ3v) is 4.44. The van der Waals surface area contributed by atoms with E-state index in [4.69, 9.17) is 14.2 Å². The number of nitrogens with one attached hydrogen (secondary N) is 2. The number of carbonyl (C=O) groups is 1. The average Bonchev–Trinajstić information content (AvgIpc) is 2.67. The molecule has 2 N–H and O–H groups in total. The summed E-state index contributed by atoms with van der Waals surface area (Å²) in [6.45, 7) is 14.9. The van der Waals surface area contributed by atoms with Crippen molar-refractivity contribution in [2.75, 3.05) is 52.6 Å². The van der Waals surface area contributed by atoms with Gasteiger partial charge in [-0.15, -0.1) is 0 Å². The van der Waals surface area contributed by atoms with E-state index in [9.17, 15) is 4.79 Å². The molecule has 0 radical (unpaired) electrons. The van der Waals surface area contributed by atoms with Gasteiger partial charge in [0.15, 0.2) is 18.1 Å². The Hall–Kier alpha value is -1.54. The fourth-order valence-electron chi connectivity index (χ4n) is 3.13. The SMILES string of the molecule is CCOc1cc(CNCCCN2CCOCC2)ccc1OCC(=O)NC(C)(C)C.[Cl-]. The van der Waals surface area contributed by atoms with Gasteiger partial charge >= 0.3 is 0 Å². The quantitative estimate of drug-likeness (QED) is 0.437. The predicted molar refractivity (Wildman–Crippen MR) is 115 cm³/mol. The first-order valence-corrected chi connectivity index (χ1v) is 10.6. The highest BCUT2D eigenvalue weighted by Crippen LogP contribution is 2.28. The van der Waals surface area contributed by atoms with E-state index in [1.165, 1.54) is 0 Å². The summed E-state index contributed by atoms with van der Waals surface area (Å²) in [5.41, 5.74) is 0.854. The van der Waals surface area contributed by atoms with Crippen LogP contribution in [-0.2, 0) is 16.1 Å². The Morgan fingerprint density at radius 3 is 2.57 bits per heavy atom. The van der Waals surface area contributed by atoms with Gasteiger partial charge in [0.2, 0.25) is 0 Å². The lowest BCUT2D eigenvalue weighted by molar-refractivity contribution is -0.124. The second-order valence-electron chi connectivity index (χ2n) is 8.29. The lowest BCUT2D eigenvalue weighted by Crippen LogP contribution is -3.00.